The molecule has 2 aromatic carbocycles. The SMILES string of the molecule is C[C@H]1CNCCN1CC(=O)Nc1ccccc1Sc1ccccc1.Cl. The smallest absolute Gasteiger partial charge is 0.238 e. The summed E-state index contributed by atoms with van der Waals surface area (Å²) in [4.78, 5) is 16.9. The molecule has 25 heavy (non-hydrogen) atoms. The van der Waals surface area contributed by atoms with Gasteiger partial charge in [-0.3, -0.25) is 9.69 Å². The fourth-order valence-electron chi connectivity index (χ4n) is 2.77. The maximum atomic E-state index is 12.4. The minimum absolute atomic E-state index is 0. The Bertz CT molecular complexity index is 683. The quantitative estimate of drug-likeness (QED) is 0.837. The molecule has 0 unspecified atom stereocenters. The number of amides is 1. The first kappa shape index (κ1) is 19.8. The highest BCUT2D eigenvalue weighted by atomic mass is 35.5. The zero-order valence-electron chi connectivity index (χ0n) is 14.3. The molecule has 4 nitrogen and oxygen atoms in total. The summed E-state index contributed by atoms with van der Waals surface area (Å²) < 4.78 is 0. The van der Waals surface area contributed by atoms with Crippen LogP contribution in [0.2, 0.25) is 0 Å². The van der Waals surface area contributed by atoms with Crippen LogP contribution >= 0.6 is 24.2 Å². The Labute approximate surface area is 159 Å². The standard InChI is InChI=1S/C19H23N3OS.ClH/c1-15-13-20-11-12-22(15)14-19(23)21-17-9-5-6-10-18(17)24-16-7-3-2-4-8-16;/h2-10,15,20H,11-14H2,1H3,(H,21,23);1H/t15-;/m0./s1. The summed E-state index contributed by atoms with van der Waals surface area (Å²) in [6.07, 6.45) is 0. The van der Waals surface area contributed by atoms with E-state index in [9.17, 15) is 4.79 Å². The number of nitrogens with one attached hydrogen (secondary N) is 2. The highest BCUT2D eigenvalue weighted by molar-refractivity contribution is 7.99. The third kappa shape index (κ3) is 5.75. The third-order valence-corrected chi connectivity index (χ3v) is 5.20. The predicted molar refractivity (Wildman–Crippen MR) is 107 cm³/mol. The largest absolute Gasteiger partial charge is 0.324 e. The summed E-state index contributed by atoms with van der Waals surface area (Å²) >= 11 is 1.66. The summed E-state index contributed by atoms with van der Waals surface area (Å²) in [5, 5.41) is 6.42. The molecule has 1 amide bonds. The van der Waals surface area contributed by atoms with Gasteiger partial charge in [-0.05, 0) is 31.2 Å². The van der Waals surface area contributed by atoms with Gasteiger partial charge in [0.1, 0.15) is 0 Å². The number of hydrogen-bond donors (Lipinski definition) is 2. The van der Waals surface area contributed by atoms with E-state index in [4.69, 9.17) is 0 Å². The van der Waals surface area contributed by atoms with E-state index in [1.165, 1.54) is 0 Å². The molecule has 1 aliphatic rings. The maximum Gasteiger partial charge on any atom is 0.238 e. The number of rotatable bonds is 5. The van der Waals surface area contributed by atoms with Crippen LogP contribution in [0.4, 0.5) is 5.69 Å². The number of para-hydroxylation sites is 1. The van der Waals surface area contributed by atoms with Gasteiger partial charge >= 0.3 is 0 Å². The third-order valence-electron chi connectivity index (χ3n) is 4.12. The normalized spacial score (nSPS) is 17.6. The van der Waals surface area contributed by atoms with E-state index in [1.54, 1.807) is 11.8 Å². The van der Waals surface area contributed by atoms with Crippen LogP contribution in [0.3, 0.4) is 0 Å². The second kappa shape index (κ2) is 9.82. The molecule has 0 aliphatic carbocycles. The number of hydrogen-bond acceptors (Lipinski definition) is 4. The molecule has 0 aromatic heterocycles. The van der Waals surface area contributed by atoms with Crippen molar-refractivity contribution < 1.29 is 4.79 Å². The Morgan fingerprint density at radius 2 is 1.92 bits per heavy atom. The molecule has 1 saturated heterocycles. The minimum atomic E-state index is 0. The van der Waals surface area contributed by atoms with Gasteiger partial charge in [0, 0.05) is 35.5 Å². The van der Waals surface area contributed by atoms with Gasteiger partial charge in [-0.25, -0.2) is 0 Å². The lowest BCUT2D eigenvalue weighted by Crippen LogP contribution is -2.52. The average Bonchev–Trinajstić information content (AvgIpc) is 2.60. The fraction of sp³-hybridized carbons (Fsp3) is 0.316. The molecule has 1 atom stereocenters. The van der Waals surface area contributed by atoms with E-state index in [1.807, 2.05) is 42.5 Å². The number of carbonyl (C=O) groups excluding carboxylic acids is 1. The first-order chi connectivity index (χ1) is 11.7. The molecule has 2 N–H and O–H groups in total. The van der Waals surface area contributed by atoms with Crippen molar-refractivity contribution >= 4 is 35.8 Å². The molecule has 0 radical (unpaired) electrons. The summed E-state index contributed by atoms with van der Waals surface area (Å²) in [6.45, 7) is 5.38. The Hall–Kier alpha value is -1.53. The minimum Gasteiger partial charge on any atom is -0.324 e. The Morgan fingerprint density at radius 3 is 2.68 bits per heavy atom. The number of halogens is 1. The molecular weight excluding hydrogens is 354 g/mol. The van der Waals surface area contributed by atoms with Gasteiger partial charge in [-0.2, -0.15) is 0 Å². The van der Waals surface area contributed by atoms with Crippen LogP contribution in [0, 0.1) is 0 Å². The molecule has 6 heteroatoms. The monoisotopic (exact) mass is 377 g/mol. The van der Waals surface area contributed by atoms with Crippen molar-refractivity contribution in [3.63, 3.8) is 0 Å². The number of piperazine rings is 1. The van der Waals surface area contributed by atoms with Crippen molar-refractivity contribution in [2.75, 3.05) is 31.5 Å². The fourth-order valence-corrected chi connectivity index (χ4v) is 3.69. The van der Waals surface area contributed by atoms with Gasteiger partial charge < -0.3 is 10.6 Å². The van der Waals surface area contributed by atoms with E-state index in [0.29, 0.717) is 12.6 Å². The van der Waals surface area contributed by atoms with Crippen LogP contribution in [0.15, 0.2) is 64.4 Å². The lowest BCUT2D eigenvalue weighted by atomic mass is 10.2. The molecular formula is C19H24ClN3OS. The topological polar surface area (TPSA) is 44.4 Å². The van der Waals surface area contributed by atoms with Gasteiger partial charge in [0.15, 0.2) is 0 Å². The molecule has 1 heterocycles. The van der Waals surface area contributed by atoms with Crippen LogP contribution in [0.1, 0.15) is 6.92 Å². The summed E-state index contributed by atoms with van der Waals surface area (Å²) in [6, 6.07) is 18.6. The number of anilines is 1. The molecule has 2 aromatic rings. The molecule has 3 rings (SSSR count). The van der Waals surface area contributed by atoms with Crippen molar-refractivity contribution in [3.8, 4) is 0 Å². The zero-order chi connectivity index (χ0) is 16.8. The molecule has 1 fully saturated rings. The first-order valence-electron chi connectivity index (χ1n) is 8.29. The lowest BCUT2D eigenvalue weighted by molar-refractivity contribution is -0.118. The second-order valence-corrected chi connectivity index (χ2v) is 7.10. The van der Waals surface area contributed by atoms with Gasteiger partial charge in [0.25, 0.3) is 0 Å². The summed E-state index contributed by atoms with van der Waals surface area (Å²) in [5.74, 6) is 0.0462. The summed E-state index contributed by atoms with van der Waals surface area (Å²) in [5.41, 5.74) is 0.874. The van der Waals surface area contributed by atoms with Crippen molar-refractivity contribution in [1.29, 1.82) is 0 Å². The number of carbonyl (C=O) groups is 1. The van der Waals surface area contributed by atoms with Crippen molar-refractivity contribution in [2.45, 2.75) is 22.8 Å². The van der Waals surface area contributed by atoms with Gasteiger partial charge in [-0.15, -0.1) is 12.4 Å². The average molecular weight is 378 g/mol. The van der Waals surface area contributed by atoms with Crippen LogP contribution in [-0.4, -0.2) is 43.0 Å². The van der Waals surface area contributed by atoms with Crippen molar-refractivity contribution in [1.82, 2.24) is 10.2 Å². The van der Waals surface area contributed by atoms with Crippen LogP contribution in [0.25, 0.3) is 0 Å². The molecule has 134 valence electrons. The molecule has 0 spiro atoms. The number of benzene rings is 2. The zero-order valence-corrected chi connectivity index (χ0v) is 15.9. The van der Waals surface area contributed by atoms with Crippen LogP contribution in [0.5, 0.6) is 0 Å². The van der Waals surface area contributed by atoms with E-state index >= 15 is 0 Å². The van der Waals surface area contributed by atoms with E-state index in [-0.39, 0.29) is 18.3 Å². The van der Waals surface area contributed by atoms with Crippen LogP contribution < -0.4 is 10.6 Å². The molecule has 0 bridgehead atoms. The van der Waals surface area contributed by atoms with Gasteiger partial charge in [-0.1, -0.05) is 42.1 Å². The predicted octanol–water partition coefficient (Wildman–Crippen LogP) is 3.49. The lowest BCUT2D eigenvalue weighted by Gasteiger charge is -2.33. The Kier molecular flexibility index (Phi) is 7.78. The highest BCUT2D eigenvalue weighted by Gasteiger charge is 2.20. The van der Waals surface area contributed by atoms with E-state index in [2.05, 4.69) is 34.6 Å². The van der Waals surface area contributed by atoms with E-state index < -0.39 is 0 Å². The van der Waals surface area contributed by atoms with Gasteiger partial charge in [0.05, 0.1) is 12.2 Å². The molecule has 0 saturated carbocycles. The molecule has 1 aliphatic heterocycles. The second-order valence-electron chi connectivity index (χ2n) is 5.98. The Balaban J connectivity index is 0.00000225. The van der Waals surface area contributed by atoms with Crippen LogP contribution in [-0.2, 0) is 4.79 Å². The first-order valence-corrected chi connectivity index (χ1v) is 9.10. The highest BCUT2D eigenvalue weighted by Crippen LogP contribution is 2.33. The summed E-state index contributed by atoms with van der Waals surface area (Å²) in [7, 11) is 0. The van der Waals surface area contributed by atoms with Crippen molar-refractivity contribution in [2.24, 2.45) is 0 Å². The van der Waals surface area contributed by atoms with E-state index in [0.717, 1.165) is 35.1 Å². The Morgan fingerprint density at radius 1 is 1.20 bits per heavy atom. The van der Waals surface area contributed by atoms with Crippen molar-refractivity contribution in [3.05, 3.63) is 54.6 Å². The maximum absolute atomic E-state index is 12.4. The number of nitrogens with zero attached hydrogens (tertiary/aromatic N) is 1. The van der Waals surface area contributed by atoms with Gasteiger partial charge in [0.2, 0.25) is 5.91 Å².